The number of nitrogens with zero attached hydrogens (tertiary/aromatic N) is 3. The molecule has 0 radical (unpaired) electrons. The Morgan fingerprint density at radius 2 is 2.04 bits per heavy atom. The zero-order chi connectivity index (χ0) is 17.2. The van der Waals surface area contributed by atoms with Crippen molar-refractivity contribution >= 4 is 35.8 Å². The highest BCUT2D eigenvalue weighted by atomic mass is 35.5. The van der Waals surface area contributed by atoms with Crippen LogP contribution in [0.4, 0.5) is 5.69 Å². The van der Waals surface area contributed by atoms with Gasteiger partial charge >= 0.3 is 0 Å². The third kappa shape index (κ3) is 4.22. The number of hydrogen-bond acceptors (Lipinski definition) is 5. The monoisotopic (exact) mass is 393 g/mol. The fraction of sp³-hybridized carbons (Fsp3) is 0.500. The van der Waals surface area contributed by atoms with Crippen molar-refractivity contribution < 1.29 is 4.79 Å². The number of amides is 1. The number of hydrogen-bond donors (Lipinski definition) is 2. The SMILES string of the molecule is Cl.Cn1cnnc1Sc1ccc(NC(=O)C2CC3CCCCC3N2)cc1. The minimum atomic E-state index is -0.0548. The molecular weight excluding hydrogens is 370 g/mol. The van der Waals surface area contributed by atoms with Crippen molar-refractivity contribution in [2.75, 3.05) is 5.32 Å². The maximum absolute atomic E-state index is 12.5. The van der Waals surface area contributed by atoms with Crippen LogP contribution >= 0.6 is 24.2 Å². The zero-order valence-corrected chi connectivity index (χ0v) is 16.4. The summed E-state index contributed by atoms with van der Waals surface area (Å²) in [6.45, 7) is 0. The highest BCUT2D eigenvalue weighted by Crippen LogP contribution is 2.33. The number of benzene rings is 1. The number of carbonyl (C=O) groups is 1. The van der Waals surface area contributed by atoms with Gasteiger partial charge in [0.1, 0.15) is 6.33 Å². The zero-order valence-electron chi connectivity index (χ0n) is 14.7. The van der Waals surface area contributed by atoms with E-state index in [2.05, 4.69) is 20.8 Å². The molecule has 0 spiro atoms. The topological polar surface area (TPSA) is 71.8 Å². The van der Waals surface area contributed by atoms with E-state index in [1.807, 2.05) is 35.9 Å². The number of rotatable bonds is 4. The molecule has 2 fully saturated rings. The number of carbonyl (C=O) groups excluding carboxylic acids is 1. The van der Waals surface area contributed by atoms with E-state index >= 15 is 0 Å². The quantitative estimate of drug-likeness (QED) is 0.834. The number of aromatic nitrogens is 3. The van der Waals surface area contributed by atoms with E-state index in [4.69, 9.17) is 0 Å². The first-order chi connectivity index (χ1) is 12.2. The van der Waals surface area contributed by atoms with Gasteiger partial charge in [0.25, 0.3) is 0 Å². The Hall–Kier alpha value is -1.57. The molecule has 2 aliphatic rings. The Bertz CT molecular complexity index is 736. The van der Waals surface area contributed by atoms with Gasteiger partial charge in [-0.25, -0.2) is 0 Å². The molecule has 140 valence electrons. The molecule has 1 aliphatic carbocycles. The summed E-state index contributed by atoms with van der Waals surface area (Å²) < 4.78 is 1.88. The van der Waals surface area contributed by atoms with Crippen molar-refractivity contribution in [3.05, 3.63) is 30.6 Å². The van der Waals surface area contributed by atoms with E-state index in [0.717, 1.165) is 22.2 Å². The van der Waals surface area contributed by atoms with Gasteiger partial charge < -0.3 is 15.2 Å². The first-order valence-electron chi connectivity index (χ1n) is 8.88. The fourth-order valence-electron chi connectivity index (χ4n) is 3.83. The minimum Gasteiger partial charge on any atom is -0.325 e. The molecule has 3 unspecified atom stereocenters. The molecule has 2 N–H and O–H groups in total. The van der Waals surface area contributed by atoms with Crippen LogP contribution in [-0.4, -0.2) is 32.8 Å². The maximum Gasteiger partial charge on any atom is 0.241 e. The Morgan fingerprint density at radius 3 is 2.73 bits per heavy atom. The first kappa shape index (κ1) is 19.2. The van der Waals surface area contributed by atoms with Gasteiger partial charge in [-0.05, 0) is 61.2 Å². The Labute approximate surface area is 163 Å². The number of fused-ring (bicyclic) bond motifs is 1. The lowest BCUT2D eigenvalue weighted by atomic mass is 9.85. The third-order valence-electron chi connectivity index (χ3n) is 5.18. The first-order valence-corrected chi connectivity index (χ1v) is 9.69. The molecule has 2 aromatic rings. The molecule has 3 atom stereocenters. The predicted octanol–water partition coefficient (Wildman–Crippen LogP) is 3.25. The number of aryl methyl sites for hydroxylation is 1. The molecule has 1 aliphatic heterocycles. The summed E-state index contributed by atoms with van der Waals surface area (Å²) in [4.78, 5) is 13.6. The summed E-state index contributed by atoms with van der Waals surface area (Å²) in [5.74, 6) is 0.762. The van der Waals surface area contributed by atoms with E-state index in [0.29, 0.717) is 12.0 Å². The van der Waals surface area contributed by atoms with Gasteiger partial charge in [0.2, 0.25) is 5.91 Å². The standard InChI is InChI=1S/C18H23N5OS.ClH/c1-23-11-19-22-18(23)25-14-8-6-13(7-9-14)20-17(24)16-10-12-4-2-3-5-15(12)21-16;/h6-9,11-12,15-16,21H,2-5,10H2,1H3,(H,20,24);1H. The summed E-state index contributed by atoms with van der Waals surface area (Å²) in [5, 5.41) is 15.4. The average Bonchev–Trinajstić information content (AvgIpc) is 3.23. The molecule has 2 heterocycles. The summed E-state index contributed by atoms with van der Waals surface area (Å²) in [5.41, 5.74) is 0.837. The number of halogens is 1. The molecule has 6 nitrogen and oxygen atoms in total. The van der Waals surface area contributed by atoms with E-state index in [1.54, 1.807) is 18.1 Å². The third-order valence-corrected chi connectivity index (χ3v) is 6.24. The van der Waals surface area contributed by atoms with E-state index in [9.17, 15) is 4.79 Å². The lowest BCUT2D eigenvalue weighted by molar-refractivity contribution is -0.117. The molecule has 0 bridgehead atoms. The van der Waals surface area contributed by atoms with E-state index in [1.165, 1.54) is 25.7 Å². The van der Waals surface area contributed by atoms with E-state index < -0.39 is 0 Å². The van der Waals surface area contributed by atoms with Crippen molar-refractivity contribution in [3.8, 4) is 0 Å². The molecule has 4 rings (SSSR count). The number of nitrogens with one attached hydrogen (secondary N) is 2. The maximum atomic E-state index is 12.5. The van der Waals surface area contributed by atoms with Gasteiger partial charge in [-0.3, -0.25) is 4.79 Å². The van der Waals surface area contributed by atoms with Crippen molar-refractivity contribution in [1.82, 2.24) is 20.1 Å². The van der Waals surface area contributed by atoms with Gasteiger partial charge in [0.15, 0.2) is 5.16 Å². The summed E-state index contributed by atoms with van der Waals surface area (Å²) in [6, 6.07) is 8.36. The second-order valence-corrected chi connectivity index (χ2v) is 7.99. The molecule has 1 aromatic heterocycles. The molecule has 26 heavy (non-hydrogen) atoms. The second-order valence-electron chi connectivity index (χ2n) is 6.95. The highest BCUT2D eigenvalue weighted by molar-refractivity contribution is 7.99. The van der Waals surface area contributed by atoms with Crippen molar-refractivity contribution in [3.63, 3.8) is 0 Å². The van der Waals surface area contributed by atoms with Crippen molar-refractivity contribution in [2.45, 2.75) is 54.2 Å². The lowest BCUT2D eigenvalue weighted by Crippen LogP contribution is -2.39. The predicted molar refractivity (Wildman–Crippen MR) is 105 cm³/mol. The van der Waals surface area contributed by atoms with Gasteiger partial charge in [-0.1, -0.05) is 12.8 Å². The van der Waals surface area contributed by atoms with Crippen LogP contribution in [-0.2, 0) is 11.8 Å². The Kier molecular flexibility index (Phi) is 6.21. The summed E-state index contributed by atoms with van der Waals surface area (Å²) >= 11 is 1.55. The van der Waals surface area contributed by atoms with E-state index in [-0.39, 0.29) is 24.4 Å². The molecule has 1 aromatic carbocycles. The Balaban J connectivity index is 0.00000196. The van der Waals surface area contributed by atoms with Crippen molar-refractivity contribution in [2.24, 2.45) is 13.0 Å². The Morgan fingerprint density at radius 1 is 1.27 bits per heavy atom. The van der Waals surface area contributed by atoms with Gasteiger partial charge in [-0.15, -0.1) is 22.6 Å². The minimum absolute atomic E-state index is 0. The largest absolute Gasteiger partial charge is 0.325 e. The smallest absolute Gasteiger partial charge is 0.241 e. The van der Waals surface area contributed by atoms with Crippen LogP contribution in [0.5, 0.6) is 0 Å². The summed E-state index contributed by atoms with van der Waals surface area (Å²) in [6.07, 6.45) is 7.71. The molecule has 1 saturated carbocycles. The van der Waals surface area contributed by atoms with Gasteiger partial charge in [0, 0.05) is 23.7 Å². The van der Waals surface area contributed by atoms with Crippen molar-refractivity contribution in [1.29, 1.82) is 0 Å². The van der Waals surface area contributed by atoms with Gasteiger partial charge in [0.05, 0.1) is 6.04 Å². The van der Waals surface area contributed by atoms with Crippen LogP contribution < -0.4 is 10.6 Å². The van der Waals surface area contributed by atoms with Gasteiger partial charge in [-0.2, -0.15) is 0 Å². The summed E-state index contributed by atoms with van der Waals surface area (Å²) in [7, 11) is 1.92. The molecule has 8 heteroatoms. The average molecular weight is 394 g/mol. The fourth-order valence-corrected chi connectivity index (χ4v) is 4.59. The number of anilines is 1. The van der Waals surface area contributed by atoms with Crippen LogP contribution in [0.3, 0.4) is 0 Å². The second kappa shape index (κ2) is 8.41. The van der Waals surface area contributed by atoms with Crippen LogP contribution in [0.2, 0.25) is 0 Å². The highest BCUT2D eigenvalue weighted by Gasteiger charge is 2.38. The van der Waals surface area contributed by atoms with Crippen LogP contribution in [0.1, 0.15) is 32.1 Å². The van der Waals surface area contributed by atoms with Crippen LogP contribution in [0, 0.1) is 5.92 Å². The lowest BCUT2D eigenvalue weighted by Gasteiger charge is -2.24. The van der Waals surface area contributed by atoms with Crippen LogP contribution in [0.15, 0.2) is 40.6 Å². The molecule has 1 saturated heterocycles. The molecule has 1 amide bonds. The van der Waals surface area contributed by atoms with Crippen LogP contribution in [0.25, 0.3) is 0 Å². The molecular formula is C18H24ClN5OS. The normalized spacial score (nSPS) is 24.6.